The third-order valence-corrected chi connectivity index (χ3v) is 4.32. The Labute approximate surface area is 126 Å². The van der Waals surface area contributed by atoms with E-state index in [0.717, 1.165) is 18.8 Å². The number of hydrogen-bond donors (Lipinski definition) is 2. The first-order chi connectivity index (χ1) is 10.1. The molecule has 21 heavy (non-hydrogen) atoms. The van der Waals surface area contributed by atoms with Gasteiger partial charge in [-0.25, -0.2) is 0 Å². The molecule has 1 aliphatic rings. The molecular weight excluding hydrogens is 262 g/mol. The third-order valence-electron chi connectivity index (χ3n) is 4.32. The van der Waals surface area contributed by atoms with Gasteiger partial charge in [-0.1, -0.05) is 25.7 Å². The highest BCUT2D eigenvalue weighted by Crippen LogP contribution is 2.29. The van der Waals surface area contributed by atoms with Crippen LogP contribution in [0, 0.1) is 23.7 Å². The maximum atomic E-state index is 12.4. The van der Waals surface area contributed by atoms with Gasteiger partial charge < -0.3 is 11.1 Å². The highest BCUT2D eigenvalue weighted by Gasteiger charge is 2.26. The van der Waals surface area contributed by atoms with E-state index in [1.807, 2.05) is 0 Å². The van der Waals surface area contributed by atoms with Crippen LogP contribution in [0.4, 0.5) is 0 Å². The summed E-state index contributed by atoms with van der Waals surface area (Å²) >= 11 is 0. The highest BCUT2D eigenvalue weighted by molar-refractivity contribution is 5.96. The molecule has 1 fully saturated rings. The molecule has 0 aliphatic heterocycles. The van der Waals surface area contributed by atoms with Crippen LogP contribution in [0.3, 0.4) is 0 Å². The fourth-order valence-electron chi connectivity index (χ4n) is 2.78. The van der Waals surface area contributed by atoms with E-state index in [-0.39, 0.29) is 18.5 Å². The van der Waals surface area contributed by atoms with Gasteiger partial charge in [-0.15, -0.1) is 0 Å². The molecule has 3 N–H and O–H groups in total. The molecule has 4 nitrogen and oxygen atoms in total. The predicted molar refractivity (Wildman–Crippen MR) is 83.6 cm³/mol. The van der Waals surface area contributed by atoms with Crippen LogP contribution in [-0.2, 0) is 0 Å². The zero-order valence-electron chi connectivity index (χ0n) is 12.7. The summed E-state index contributed by atoms with van der Waals surface area (Å²) < 4.78 is 0. The van der Waals surface area contributed by atoms with E-state index in [9.17, 15) is 4.79 Å². The van der Waals surface area contributed by atoms with Crippen molar-refractivity contribution in [2.24, 2.45) is 17.6 Å². The Balaban J connectivity index is 2.07. The minimum atomic E-state index is -0.0644. The maximum Gasteiger partial charge on any atom is 0.252 e. The Morgan fingerprint density at radius 1 is 1.43 bits per heavy atom. The SMILES string of the molecule is CC1CCC(NC(=O)c2ccncc2C#CCN)CC1C. The number of carbonyl (C=O) groups is 1. The minimum Gasteiger partial charge on any atom is -0.349 e. The van der Waals surface area contributed by atoms with Crippen molar-refractivity contribution >= 4 is 5.91 Å². The summed E-state index contributed by atoms with van der Waals surface area (Å²) in [5.74, 6) is 7.01. The standard InChI is InChI=1S/C17H23N3O/c1-12-5-6-15(10-13(12)2)20-17(21)16-7-9-19-11-14(16)4-3-8-18/h7,9,11-13,15H,5-6,8,10,18H2,1-2H3,(H,20,21). The topological polar surface area (TPSA) is 68.0 Å². The molecule has 1 aliphatic carbocycles. The summed E-state index contributed by atoms with van der Waals surface area (Å²) in [6.07, 6.45) is 6.49. The lowest BCUT2D eigenvalue weighted by Gasteiger charge is -2.32. The molecule has 0 bridgehead atoms. The number of nitrogens with zero attached hydrogens (tertiary/aromatic N) is 1. The molecule has 1 saturated carbocycles. The number of rotatable bonds is 2. The number of aromatic nitrogens is 1. The number of carbonyl (C=O) groups excluding carboxylic acids is 1. The van der Waals surface area contributed by atoms with Gasteiger partial charge in [0.15, 0.2) is 0 Å². The van der Waals surface area contributed by atoms with E-state index >= 15 is 0 Å². The van der Waals surface area contributed by atoms with Gasteiger partial charge in [-0.3, -0.25) is 9.78 Å². The summed E-state index contributed by atoms with van der Waals surface area (Å²) in [6, 6.07) is 1.97. The third kappa shape index (κ3) is 4.05. The van der Waals surface area contributed by atoms with Crippen molar-refractivity contribution in [2.75, 3.05) is 6.54 Å². The van der Waals surface area contributed by atoms with Crippen LogP contribution in [0.15, 0.2) is 18.5 Å². The fourth-order valence-corrected chi connectivity index (χ4v) is 2.78. The Morgan fingerprint density at radius 3 is 2.95 bits per heavy atom. The Morgan fingerprint density at radius 2 is 2.24 bits per heavy atom. The zero-order chi connectivity index (χ0) is 15.2. The van der Waals surface area contributed by atoms with Crippen molar-refractivity contribution in [3.8, 4) is 11.8 Å². The van der Waals surface area contributed by atoms with Crippen molar-refractivity contribution in [1.82, 2.24) is 10.3 Å². The maximum absolute atomic E-state index is 12.4. The van der Waals surface area contributed by atoms with Gasteiger partial charge in [0.25, 0.3) is 5.91 Å². The molecule has 2 rings (SSSR count). The first-order valence-corrected chi connectivity index (χ1v) is 7.55. The van der Waals surface area contributed by atoms with Gasteiger partial charge in [0.05, 0.1) is 17.7 Å². The van der Waals surface area contributed by atoms with E-state index < -0.39 is 0 Å². The number of nitrogens with two attached hydrogens (primary N) is 1. The average Bonchev–Trinajstić information content (AvgIpc) is 2.49. The van der Waals surface area contributed by atoms with E-state index in [0.29, 0.717) is 17.0 Å². The second-order valence-corrected chi connectivity index (χ2v) is 5.87. The lowest BCUT2D eigenvalue weighted by molar-refractivity contribution is 0.0910. The quantitative estimate of drug-likeness (QED) is 0.816. The largest absolute Gasteiger partial charge is 0.349 e. The van der Waals surface area contributed by atoms with Gasteiger partial charge in [-0.2, -0.15) is 0 Å². The second-order valence-electron chi connectivity index (χ2n) is 5.87. The van der Waals surface area contributed by atoms with Crippen LogP contribution < -0.4 is 11.1 Å². The second kappa shape index (κ2) is 7.24. The summed E-state index contributed by atoms with van der Waals surface area (Å²) in [4.78, 5) is 16.5. The van der Waals surface area contributed by atoms with Crippen molar-refractivity contribution in [3.63, 3.8) is 0 Å². The molecule has 0 spiro atoms. The lowest BCUT2D eigenvalue weighted by Crippen LogP contribution is -2.40. The number of amides is 1. The highest BCUT2D eigenvalue weighted by atomic mass is 16.1. The van der Waals surface area contributed by atoms with Crippen LogP contribution in [0.1, 0.15) is 49.0 Å². The number of pyridine rings is 1. The lowest BCUT2D eigenvalue weighted by atomic mass is 9.79. The normalized spacial score (nSPS) is 24.8. The molecule has 1 heterocycles. The van der Waals surface area contributed by atoms with Crippen LogP contribution in [0.5, 0.6) is 0 Å². The predicted octanol–water partition coefficient (Wildman–Crippen LogP) is 1.95. The molecule has 4 heteroatoms. The monoisotopic (exact) mass is 285 g/mol. The van der Waals surface area contributed by atoms with Gasteiger partial charge in [-0.05, 0) is 37.2 Å². The van der Waals surface area contributed by atoms with Crippen LogP contribution >= 0.6 is 0 Å². The summed E-state index contributed by atoms with van der Waals surface area (Å²) in [5, 5.41) is 3.14. The van der Waals surface area contributed by atoms with E-state index in [2.05, 4.69) is 36.0 Å². The summed E-state index contributed by atoms with van der Waals surface area (Å²) in [7, 11) is 0. The van der Waals surface area contributed by atoms with E-state index in [1.54, 1.807) is 18.5 Å². The Bertz CT molecular complexity index is 559. The summed E-state index contributed by atoms with van der Waals surface area (Å²) in [6.45, 7) is 4.81. The van der Waals surface area contributed by atoms with E-state index in [1.165, 1.54) is 6.42 Å². The van der Waals surface area contributed by atoms with Crippen LogP contribution in [0.2, 0.25) is 0 Å². The molecular formula is C17H23N3O. The van der Waals surface area contributed by atoms with Crippen molar-refractivity contribution < 1.29 is 4.79 Å². The Kier molecular flexibility index (Phi) is 5.35. The van der Waals surface area contributed by atoms with Gasteiger partial charge in [0.1, 0.15) is 0 Å². The van der Waals surface area contributed by atoms with Crippen LogP contribution in [-0.4, -0.2) is 23.5 Å². The van der Waals surface area contributed by atoms with Crippen LogP contribution in [0.25, 0.3) is 0 Å². The average molecular weight is 285 g/mol. The number of nitrogens with one attached hydrogen (secondary N) is 1. The smallest absolute Gasteiger partial charge is 0.252 e. The van der Waals surface area contributed by atoms with Gasteiger partial charge in [0.2, 0.25) is 0 Å². The first kappa shape index (κ1) is 15.5. The molecule has 3 atom stereocenters. The van der Waals surface area contributed by atoms with Crippen molar-refractivity contribution in [1.29, 1.82) is 0 Å². The minimum absolute atomic E-state index is 0.0644. The molecule has 1 amide bonds. The van der Waals surface area contributed by atoms with Gasteiger partial charge in [0, 0.05) is 18.4 Å². The molecule has 1 aromatic rings. The number of hydrogen-bond acceptors (Lipinski definition) is 3. The molecule has 1 aromatic heterocycles. The first-order valence-electron chi connectivity index (χ1n) is 7.55. The molecule has 0 aromatic carbocycles. The summed E-state index contributed by atoms with van der Waals surface area (Å²) in [5.41, 5.74) is 6.60. The molecule has 112 valence electrons. The van der Waals surface area contributed by atoms with E-state index in [4.69, 9.17) is 5.73 Å². The fraction of sp³-hybridized carbons (Fsp3) is 0.529. The van der Waals surface area contributed by atoms with Crippen molar-refractivity contribution in [2.45, 2.75) is 39.2 Å². The van der Waals surface area contributed by atoms with Gasteiger partial charge >= 0.3 is 0 Å². The molecule has 3 unspecified atom stereocenters. The zero-order valence-corrected chi connectivity index (χ0v) is 12.7. The van der Waals surface area contributed by atoms with Crippen molar-refractivity contribution in [3.05, 3.63) is 29.6 Å². The Hall–Kier alpha value is -1.86. The molecule has 0 radical (unpaired) electrons. The molecule has 0 saturated heterocycles.